The molecule has 3 aromatic rings. The van der Waals surface area contributed by atoms with Gasteiger partial charge in [-0.2, -0.15) is 5.10 Å². The summed E-state index contributed by atoms with van der Waals surface area (Å²) >= 11 is 6.08. The Morgan fingerprint density at radius 2 is 1.96 bits per heavy atom. The fourth-order valence-electron chi connectivity index (χ4n) is 2.27. The summed E-state index contributed by atoms with van der Waals surface area (Å²) in [5, 5.41) is 7.15. The largest absolute Gasteiger partial charge is 0.304 e. The predicted octanol–water partition coefficient (Wildman–Crippen LogP) is 2.45. The second-order valence-corrected chi connectivity index (χ2v) is 5.88. The first-order valence-electron chi connectivity index (χ1n) is 7.38. The highest BCUT2D eigenvalue weighted by molar-refractivity contribution is 6.30. The Labute approximate surface area is 148 Å². The van der Waals surface area contributed by atoms with E-state index in [1.807, 2.05) is 19.1 Å². The van der Waals surface area contributed by atoms with Crippen LogP contribution in [0.25, 0.3) is 11.3 Å². The summed E-state index contributed by atoms with van der Waals surface area (Å²) in [6.45, 7) is 1.93. The van der Waals surface area contributed by atoms with Crippen molar-refractivity contribution in [2.75, 3.05) is 5.32 Å². The average Bonchev–Trinajstić information content (AvgIpc) is 2.57. The Morgan fingerprint density at radius 1 is 1.16 bits per heavy atom. The highest BCUT2D eigenvalue weighted by Crippen LogP contribution is 2.23. The molecule has 1 N–H and O–H groups in total. The first-order chi connectivity index (χ1) is 11.9. The molecule has 0 aliphatic carbocycles. The topological polar surface area (TPSA) is 89.8 Å². The number of carbonyl (C=O) groups excluding carboxylic acids is 1. The monoisotopic (exact) mass is 355 g/mol. The lowest BCUT2D eigenvalue weighted by atomic mass is 10.1. The van der Waals surface area contributed by atoms with Gasteiger partial charge in [0.05, 0.1) is 5.69 Å². The summed E-state index contributed by atoms with van der Waals surface area (Å²) in [5.74, 6) is -0.195. The van der Waals surface area contributed by atoms with Gasteiger partial charge in [-0.1, -0.05) is 11.6 Å². The third kappa shape index (κ3) is 3.89. The molecule has 2 aromatic heterocycles. The molecule has 2 heterocycles. The van der Waals surface area contributed by atoms with Gasteiger partial charge in [0, 0.05) is 23.7 Å². The molecular formula is C17H14ClN5O2. The van der Waals surface area contributed by atoms with Gasteiger partial charge in [-0.25, -0.2) is 14.6 Å². The number of hydrogen-bond acceptors (Lipinski definition) is 5. The SMILES string of the molecule is Cc1cc(Cl)cc(-c2cc(C(=O)Nc3ccc(=O)n(C)n3)ncn2)c1. The van der Waals surface area contributed by atoms with Crippen LogP contribution in [0, 0.1) is 6.92 Å². The van der Waals surface area contributed by atoms with Crippen LogP contribution in [0.4, 0.5) is 5.82 Å². The van der Waals surface area contributed by atoms with Gasteiger partial charge in [0.25, 0.3) is 11.5 Å². The number of anilines is 1. The summed E-state index contributed by atoms with van der Waals surface area (Å²) in [6, 6.07) is 9.86. The van der Waals surface area contributed by atoms with Crippen LogP contribution in [-0.2, 0) is 7.05 Å². The van der Waals surface area contributed by atoms with Gasteiger partial charge >= 0.3 is 0 Å². The number of halogens is 1. The van der Waals surface area contributed by atoms with Gasteiger partial charge in [0.2, 0.25) is 0 Å². The van der Waals surface area contributed by atoms with Crippen LogP contribution in [0.5, 0.6) is 0 Å². The number of aryl methyl sites for hydroxylation is 2. The number of carbonyl (C=O) groups is 1. The highest BCUT2D eigenvalue weighted by Gasteiger charge is 2.12. The predicted molar refractivity (Wildman–Crippen MR) is 94.6 cm³/mol. The molecule has 25 heavy (non-hydrogen) atoms. The van der Waals surface area contributed by atoms with Crippen LogP contribution in [0.3, 0.4) is 0 Å². The van der Waals surface area contributed by atoms with Crippen molar-refractivity contribution in [1.29, 1.82) is 0 Å². The van der Waals surface area contributed by atoms with Gasteiger partial charge < -0.3 is 5.32 Å². The van der Waals surface area contributed by atoms with Crippen LogP contribution in [0.2, 0.25) is 5.02 Å². The van der Waals surface area contributed by atoms with E-state index in [1.165, 1.54) is 25.5 Å². The molecule has 3 rings (SSSR count). The van der Waals surface area contributed by atoms with E-state index in [0.29, 0.717) is 10.7 Å². The number of nitrogens with one attached hydrogen (secondary N) is 1. The molecule has 0 bridgehead atoms. The molecule has 0 saturated heterocycles. The van der Waals surface area contributed by atoms with E-state index >= 15 is 0 Å². The quantitative estimate of drug-likeness (QED) is 0.779. The molecule has 8 heteroatoms. The number of nitrogens with zero attached hydrogens (tertiary/aromatic N) is 4. The number of aromatic nitrogens is 4. The van der Waals surface area contributed by atoms with Gasteiger partial charge in [-0.05, 0) is 42.8 Å². The summed E-state index contributed by atoms with van der Waals surface area (Å²) in [5.41, 5.74) is 2.28. The summed E-state index contributed by atoms with van der Waals surface area (Å²) < 4.78 is 1.13. The van der Waals surface area contributed by atoms with Crippen molar-refractivity contribution in [3.63, 3.8) is 0 Å². The van der Waals surface area contributed by atoms with Crippen molar-refractivity contribution in [3.8, 4) is 11.3 Å². The van der Waals surface area contributed by atoms with Crippen LogP contribution in [0.15, 0.2) is 47.5 Å². The maximum absolute atomic E-state index is 12.4. The molecular weight excluding hydrogens is 342 g/mol. The van der Waals surface area contributed by atoms with Crippen molar-refractivity contribution in [3.05, 3.63) is 69.4 Å². The highest BCUT2D eigenvalue weighted by atomic mass is 35.5. The minimum Gasteiger partial charge on any atom is -0.304 e. The molecule has 0 saturated carbocycles. The maximum atomic E-state index is 12.4. The second-order valence-electron chi connectivity index (χ2n) is 5.44. The zero-order chi connectivity index (χ0) is 18.0. The van der Waals surface area contributed by atoms with Crippen molar-refractivity contribution in [1.82, 2.24) is 19.7 Å². The molecule has 1 amide bonds. The fraction of sp³-hybridized carbons (Fsp3) is 0.118. The average molecular weight is 356 g/mol. The Hall–Kier alpha value is -3.06. The minimum absolute atomic E-state index is 0.179. The standard InChI is InChI=1S/C17H14ClN5O2/c1-10-5-11(7-12(18)6-10)13-8-14(20-9-19-13)17(25)21-15-3-4-16(24)23(2)22-15/h3-9H,1-2H3,(H,21,22,25). The van der Waals surface area contributed by atoms with E-state index in [9.17, 15) is 9.59 Å². The molecule has 0 fully saturated rings. The molecule has 0 radical (unpaired) electrons. The molecule has 126 valence electrons. The number of hydrogen-bond donors (Lipinski definition) is 1. The van der Waals surface area contributed by atoms with Gasteiger partial charge in [-0.15, -0.1) is 0 Å². The van der Waals surface area contributed by atoms with E-state index in [1.54, 1.807) is 12.1 Å². The van der Waals surface area contributed by atoms with Gasteiger partial charge in [0.1, 0.15) is 12.0 Å². The zero-order valence-corrected chi connectivity index (χ0v) is 14.3. The first-order valence-corrected chi connectivity index (χ1v) is 7.75. The molecule has 0 spiro atoms. The lowest BCUT2D eigenvalue weighted by Gasteiger charge is -2.07. The summed E-state index contributed by atoms with van der Waals surface area (Å²) in [4.78, 5) is 31.9. The van der Waals surface area contributed by atoms with Crippen molar-refractivity contribution >= 4 is 23.3 Å². The van der Waals surface area contributed by atoms with E-state index < -0.39 is 5.91 Å². The van der Waals surface area contributed by atoms with E-state index in [2.05, 4.69) is 20.4 Å². The van der Waals surface area contributed by atoms with E-state index in [4.69, 9.17) is 11.6 Å². The molecule has 1 aromatic carbocycles. The third-order valence-electron chi connectivity index (χ3n) is 3.44. The minimum atomic E-state index is -0.450. The molecule has 7 nitrogen and oxygen atoms in total. The number of benzene rings is 1. The lowest BCUT2D eigenvalue weighted by molar-refractivity contribution is 0.102. The summed E-state index contributed by atoms with van der Waals surface area (Å²) in [6.07, 6.45) is 1.31. The Balaban J connectivity index is 1.88. The number of amides is 1. The number of rotatable bonds is 3. The van der Waals surface area contributed by atoms with Gasteiger partial charge in [0.15, 0.2) is 5.82 Å². The first kappa shape index (κ1) is 16.8. The van der Waals surface area contributed by atoms with Crippen molar-refractivity contribution in [2.24, 2.45) is 7.05 Å². The Kier molecular flexibility index (Phi) is 4.58. The molecule has 0 aliphatic rings. The van der Waals surface area contributed by atoms with Crippen molar-refractivity contribution in [2.45, 2.75) is 6.92 Å². The van der Waals surface area contributed by atoms with Crippen molar-refractivity contribution < 1.29 is 4.79 Å². The van der Waals surface area contributed by atoms with Crippen LogP contribution < -0.4 is 10.9 Å². The Bertz CT molecular complexity index is 996. The van der Waals surface area contributed by atoms with E-state index in [0.717, 1.165) is 15.8 Å². The third-order valence-corrected chi connectivity index (χ3v) is 3.66. The fourth-order valence-corrected chi connectivity index (χ4v) is 2.56. The summed E-state index contributed by atoms with van der Waals surface area (Å²) in [7, 11) is 1.50. The lowest BCUT2D eigenvalue weighted by Crippen LogP contribution is -2.22. The maximum Gasteiger partial charge on any atom is 0.275 e. The second kappa shape index (κ2) is 6.82. The molecule has 0 unspecified atom stereocenters. The molecule has 0 atom stereocenters. The van der Waals surface area contributed by atoms with Crippen LogP contribution in [-0.4, -0.2) is 25.7 Å². The van der Waals surface area contributed by atoms with E-state index in [-0.39, 0.29) is 17.1 Å². The van der Waals surface area contributed by atoms with Gasteiger partial charge in [-0.3, -0.25) is 9.59 Å². The van der Waals surface area contributed by atoms with Crippen LogP contribution in [0.1, 0.15) is 16.1 Å². The smallest absolute Gasteiger partial charge is 0.275 e. The zero-order valence-electron chi connectivity index (χ0n) is 13.5. The normalized spacial score (nSPS) is 10.5. The van der Waals surface area contributed by atoms with Crippen LogP contribution >= 0.6 is 11.6 Å². The molecule has 0 aliphatic heterocycles. The Morgan fingerprint density at radius 3 is 2.68 bits per heavy atom.